The molecule has 0 aliphatic carbocycles. The largest absolute Gasteiger partial charge is 0.488 e. The van der Waals surface area contributed by atoms with E-state index in [2.05, 4.69) is 10.0 Å². The Labute approximate surface area is 192 Å². The second-order valence-corrected chi connectivity index (χ2v) is 9.18. The van der Waals surface area contributed by atoms with Gasteiger partial charge in [0.2, 0.25) is 5.75 Å². The van der Waals surface area contributed by atoms with E-state index in [0.717, 1.165) is 5.56 Å². The highest BCUT2D eigenvalue weighted by atomic mass is 35.5. The van der Waals surface area contributed by atoms with Gasteiger partial charge in [0.15, 0.2) is 11.5 Å². The van der Waals surface area contributed by atoms with Crippen molar-refractivity contribution in [3.05, 3.63) is 77.3 Å². The first-order valence-corrected chi connectivity index (χ1v) is 12.0. The maximum absolute atomic E-state index is 12.6. The lowest BCUT2D eigenvalue weighted by Gasteiger charge is -2.20. The molecule has 1 heterocycles. The number of anilines is 1. The Balaban J connectivity index is 1.28. The number of benzene rings is 3. The highest BCUT2D eigenvalue weighted by molar-refractivity contribution is 7.92. The Morgan fingerprint density at radius 1 is 0.969 bits per heavy atom. The van der Waals surface area contributed by atoms with Crippen LogP contribution in [0.4, 0.5) is 5.69 Å². The van der Waals surface area contributed by atoms with Gasteiger partial charge in [0.1, 0.15) is 19.8 Å². The van der Waals surface area contributed by atoms with Crippen molar-refractivity contribution in [1.29, 1.82) is 0 Å². The normalized spacial score (nSPS) is 12.9. The van der Waals surface area contributed by atoms with Crippen LogP contribution < -0.4 is 24.2 Å². The number of rotatable bonds is 9. The van der Waals surface area contributed by atoms with E-state index in [1.165, 1.54) is 12.1 Å². The lowest BCUT2D eigenvalue weighted by Crippen LogP contribution is -2.21. The third-order valence-corrected chi connectivity index (χ3v) is 6.35. The summed E-state index contributed by atoms with van der Waals surface area (Å²) in [6, 6.07) is 18.8. The molecule has 1 aliphatic heterocycles. The van der Waals surface area contributed by atoms with Crippen LogP contribution in [0.5, 0.6) is 17.2 Å². The molecule has 1 aliphatic rings. The molecule has 0 radical (unpaired) electrons. The van der Waals surface area contributed by atoms with E-state index in [1.54, 1.807) is 30.3 Å². The number of nitrogens with one attached hydrogen (secondary N) is 2. The number of sulfonamides is 1. The van der Waals surface area contributed by atoms with Crippen LogP contribution in [0.15, 0.2) is 71.6 Å². The van der Waals surface area contributed by atoms with Crippen LogP contribution in [-0.4, -0.2) is 34.8 Å². The molecular weight excluding hydrogens is 452 g/mol. The fraction of sp³-hybridized carbons (Fsp3) is 0.217. The maximum atomic E-state index is 12.6. The standard InChI is InChI=1S/C23H23ClN2O5S/c24-18-7-9-20(10-8-18)32(27,28)26-19-4-1-3-17(15-19)16-25-11-12-29-21-5-2-6-22-23(21)31-14-13-30-22/h1-10,15,25-26H,11-14,16H2. The Kier molecular flexibility index (Phi) is 7.04. The van der Waals surface area contributed by atoms with Gasteiger partial charge in [-0.05, 0) is 54.1 Å². The predicted octanol–water partition coefficient (Wildman–Crippen LogP) is 4.08. The van der Waals surface area contributed by atoms with Crippen LogP contribution in [0.2, 0.25) is 5.02 Å². The van der Waals surface area contributed by atoms with Gasteiger partial charge in [-0.25, -0.2) is 8.42 Å². The summed E-state index contributed by atoms with van der Waals surface area (Å²) in [5.41, 5.74) is 1.43. The topological polar surface area (TPSA) is 85.9 Å². The highest BCUT2D eigenvalue weighted by Gasteiger charge is 2.16. The van der Waals surface area contributed by atoms with E-state index in [4.69, 9.17) is 25.8 Å². The molecule has 3 aromatic carbocycles. The number of fused-ring (bicyclic) bond motifs is 1. The molecule has 7 nitrogen and oxygen atoms in total. The van der Waals surface area contributed by atoms with Crippen molar-refractivity contribution < 1.29 is 22.6 Å². The van der Waals surface area contributed by atoms with E-state index in [9.17, 15) is 8.42 Å². The third kappa shape index (κ3) is 5.64. The molecular formula is C23H23ClN2O5S. The summed E-state index contributed by atoms with van der Waals surface area (Å²) >= 11 is 5.84. The minimum Gasteiger partial charge on any atom is -0.488 e. The van der Waals surface area contributed by atoms with Crippen LogP contribution >= 0.6 is 11.6 Å². The summed E-state index contributed by atoms with van der Waals surface area (Å²) in [7, 11) is -3.69. The van der Waals surface area contributed by atoms with Crippen molar-refractivity contribution in [3.8, 4) is 17.2 Å². The predicted molar refractivity (Wildman–Crippen MR) is 123 cm³/mol. The first-order chi connectivity index (χ1) is 15.5. The van der Waals surface area contributed by atoms with Crippen molar-refractivity contribution in [2.45, 2.75) is 11.4 Å². The van der Waals surface area contributed by atoms with E-state index in [0.29, 0.717) is 60.9 Å². The van der Waals surface area contributed by atoms with Crippen LogP contribution in [0.25, 0.3) is 0 Å². The zero-order chi connectivity index (χ0) is 22.4. The van der Waals surface area contributed by atoms with Gasteiger partial charge in [-0.15, -0.1) is 0 Å². The monoisotopic (exact) mass is 474 g/mol. The van der Waals surface area contributed by atoms with Crippen LogP contribution in [0, 0.1) is 0 Å². The minimum absolute atomic E-state index is 0.153. The molecule has 0 saturated carbocycles. The smallest absolute Gasteiger partial charge is 0.261 e. The van der Waals surface area contributed by atoms with Gasteiger partial charge in [-0.1, -0.05) is 29.8 Å². The second kappa shape index (κ2) is 10.1. The molecule has 168 valence electrons. The zero-order valence-corrected chi connectivity index (χ0v) is 18.8. The fourth-order valence-corrected chi connectivity index (χ4v) is 4.37. The van der Waals surface area contributed by atoms with Crippen molar-refractivity contribution in [2.75, 3.05) is 31.1 Å². The summed E-state index contributed by atoms with van der Waals surface area (Å²) in [5, 5.41) is 3.77. The van der Waals surface area contributed by atoms with Gasteiger partial charge in [0.25, 0.3) is 10.0 Å². The average molecular weight is 475 g/mol. The van der Waals surface area contributed by atoms with Gasteiger partial charge in [0, 0.05) is 23.8 Å². The van der Waals surface area contributed by atoms with E-state index >= 15 is 0 Å². The SMILES string of the molecule is O=S(=O)(Nc1cccc(CNCCOc2cccc3c2OCCO3)c1)c1ccc(Cl)cc1. The van der Waals surface area contributed by atoms with E-state index in [1.807, 2.05) is 24.3 Å². The number of ether oxygens (including phenoxy) is 3. The Morgan fingerprint density at radius 2 is 1.75 bits per heavy atom. The van der Waals surface area contributed by atoms with Crippen molar-refractivity contribution in [3.63, 3.8) is 0 Å². The van der Waals surface area contributed by atoms with Crippen LogP contribution in [0.1, 0.15) is 5.56 Å². The lowest BCUT2D eigenvalue weighted by atomic mass is 10.2. The van der Waals surface area contributed by atoms with E-state index in [-0.39, 0.29) is 4.90 Å². The Hall–Kier alpha value is -2.94. The Bertz CT molecular complexity index is 1170. The number of para-hydroxylation sites is 1. The molecule has 0 atom stereocenters. The molecule has 0 aromatic heterocycles. The summed E-state index contributed by atoms with van der Waals surface area (Å²) < 4.78 is 44.7. The van der Waals surface area contributed by atoms with E-state index < -0.39 is 10.0 Å². The molecule has 0 saturated heterocycles. The first-order valence-electron chi connectivity index (χ1n) is 10.1. The second-order valence-electron chi connectivity index (χ2n) is 7.07. The molecule has 3 aromatic rings. The summed E-state index contributed by atoms with van der Waals surface area (Å²) in [6.07, 6.45) is 0. The molecule has 4 rings (SSSR count). The lowest BCUT2D eigenvalue weighted by molar-refractivity contribution is 0.162. The van der Waals surface area contributed by atoms with Crippen LogP contribution in [-0.2, 0) is 16.6 Å². The molecule has 0 spiro atoms. The molecule has 0 unspecified atom stereocenters. The first kappa shape index (κ1) is 22.3. The van der Waals surface area contributed by atoms with Crippen LogP contribution in [0.3, 0.4) is 0 Å². The maximum Gasteiger partial charge on any atom is 0.261 e. The van der Waals surface area contributed by atoms with Gasteiger partial charge in [0.05, 0.1) is 4.90 Å². The summed E-state index contributed by atoms with van der Waals surface area (Å²) in [6.45, 7) is 2.65. The van der Waals surface area contributed by atoms with Gasteiger partial charge in [-0.2, -0.15) is 0 Å². The van der Waals surface area contributed by atoms with Crippen molar-refractivity contribution >= 4 is 27.3 Å². The summed E-state index contributed by atoms with van der Waals surface area (Å²) in [5.74, 6) is 1.99. The molecule has 32 heavy (non-hydrogen) atoms. The molecule has 9 heteroatoms. The van der Waals surface area contributed by atoms with Gasteiger partial charge in [-0.3, -0.25) is 4.72 Å². The number of halogens is 1. The van der Waals surface area contributed by atoms with Crippen molar-refractivity contribution in [2.24, 2.45) is 0 Å². The zero-order valence-electron chi connectivity index (χ0n) is 17.2. The minimum atomic E-state index is -3.69. The van der Waals surface area contributed by atoms with Crippen molar-refractivity contribution in [1.82, 2.24) is 5.32 Å². The fourth-order valence-electron chi connectivity index (χ4n) is 3.20. The molecule has 2 N–H and O–H groups in total. The quantitative estimate of drug-likeness (QED) is 0.454. The highest BCUT2D eigenvalue weighted by Crippen LogP contribution is 2.38. The number of hydrogen-bond acceptors (Lipinski definition) is 6. The Morgan fingerprint density at radius 3 is 2.59 bits per heavy atom. The van der Waals surface area contributed by atoms with Gasteiger partial charge >= 0.3 is 0 Å². The third-order valence-electron chi connectivity index (χ3n) is 4.70. The number of hydrogen-bond donors (Lipinski definition) is 2. The molecule has 0 bridgehead atoms. The molecule has 0 fully saturated rings. The summed E-state index contributed by atoms with van der Waals surface area (Å²) in [4.78, 5) is 0.153. The molecule has 0 amide bonds. The van der Waals surface area contributed by atoms with Gasteiger partial charge < -0.3 is 19.5 Å². The average Bonchev–Trinajstić information content (AvgIpc) is 2.79.